The highest BCUT2D eigenvalue weighted by Crippen LogP contribution is 2.00. The van der Waals surface area contributed by atoms with E-state index in [4.69, 9.17) is 0 Å². The molecule has 0 aromatic carbocycles. The molecule has 0 saturated heterocycles. The van der Waals surface area contributed by atoms with Gasteiger partial charge >= 0.3 is 0 Å². The van der Waals surface area contributed by atoms with Crippen molar-refractivity contribution in [3.05, 3.63) is 0 Å². The Morgan fingerprint density at radius 2 is 2.10 bits per heavy atom. The van der Waals surface area contributed by atoms with E-state index in [1.807, 2.05) is 13.8 Å². The van der Waals surface area contributed by atoms with E-state index in [0.29, 0.717) is 5.78 Å². The lowest BCUT2D eigenvalue weighted by Gasteiger charge is -2.10. The normalized spacial score (nSPS) is 13.1. The van der Waals surface area contributed by atoms with Gasteiger partial charge in [0.1, 0.15) is 5.78 Å². The number of Topliss-reactive ketones (excluding diaryl/α,β-unsaturated/α-hetero) is 1. The van der Waals surface area contributed by atoms with Gasteiger partial charge in [-0.2, -0.15) is 0 Å². The van der Waals surface area contributed by atoms with Crippen molar-refractivity contribution in [2.45, 2.75) is 27.2 Å². The zero-order valence-electron chi connectivity index (χ0n) is 7.11. The van der Waals surface area contributed by atoms with Gasteiger partial charge in [-0.1, -0.05) is 13.8 Å². The van der Waals surface area contributed by atoms with E-state index >= 15 is 0 Å². The van der Waals surface area contributed by atoms with E-state index in [2.05, 4.69) is 5.32 Å². The minimum Gasteiger partial charge on any atom is -0.316 e. The minimum atomic E-state index is 0.222. The second-order valence-corrected chi connectivity index (χ2v) is 2.52. The molecule has 10 heavy (non-hydrogen) atoms. The van der Waals surface area contributed by atoms with Crippen LogP contribution in [0, 0.1) is 5.92 Å². The lowest BCUT2D eigenvalue weighted by Crippen LogP contribution is -2.26. The van der Waals surface area contributed by atoms with Crippen LogP contribution in [0.4, 0.5) is 0 Å². The van der Waals surface area contributed by atoms with Gasteiger partial charge in [0.15, 0.2) is 0 Å². The monoisotopic (exact) mass is 143 g/mol. The Bertz CT molecular complexity index is 101. The van der Waals surface area contributed by atoms with Gasteiger partial charge in [0.05, 0.1) is 0 Å². The van der Waals surface area contributed by atoms with E-state index < -0.39 is 0 Å². The van der Waals surface area contributed by atoms with Crippen LogP contribution in [0.5, 0.6) is 0 Å². The standard InChI is InChI=1S/C8H17NO/c1-4-8(7(3)10)6-9-5-2/h8-9H,4-6H2,1-3H3. The van der Waals surface area contributed by atoms with Gasteiger partial charge in [-0.15, -0.1) is 0 Å². The van der Waals surface area contributed by atoms with Crippen molar-refractivity contribution >= 4 is 5.78 Å². The second kappa shape index (κ2) is 5.42. The van der Waals surface area contributed by atoms with Crippen molar-refractivity contribution in [2.75, 3.05) is 13.1 Å². The summed E-state index contributed by atoms with van der Waals surface area (Å²) in [5.41, 5.74) is 0. The molecule has 0 aliphatic rings. The van der Waals surface area contributed by atoms with E-state index in [0.717, 1.165) is 19.5 Å². The van der Waals surface area contributed by atoms with E-state index in [9.17, 15) is 4.79 Å². The summed E-state index contributed by atoms with van der Waals surface area (Å²) in [5.74, 6) is 0.517. The van der Waals surface area contributed by atoms with Crippen molar-refractivity contribution < 1.29 is 4.79 Å². The average molecular weight is 143 g/mol. The van der Waals surface area contributed by atoms with Gasteiger partial charge in [-0.05, 0) is 19.9 Å². The average Bonchev–Trinajstić information content (AvgIpc) is 1.89. The van der Waals surface area contributed by atoms with Crippen LogP contribution in [0.1, 0.15) is 27.2 Å². The summed E-state index contributed by atoms with van der Waals surface area (Å²) >= 11 is 0. The lowest BCUT2D eigenvalue weighted by atomic mass is 10.0. The molecule has 0 aliphatic carbocycles. The van der Waals surface area contributed by atoms with Crippen LogP contribution >= 0.6 is 0 Å². The molecule has 1 unspecified atom stereocenters. The molecule has 0 aliphatic heterocycles. The van der Waals surface area contributed by atoms with Gasteiger partial charge < -0.3 is 5.32 Å². The fourth-order valence-electron chi connectivity index (χ4n) is 0.894. The minimum absolute atomic E-state index is 0.222. The number of carbonyl (C=O) groups is 1. The van der Waals surface area contributed by atoms with Gasteiger partial charge in [0.2, 0.25) is 0 Å². The highest BCUT2D eigenvalue weighted by Gasteiger charge is 2.09. The SMILES string of the molecule is CCNCC(CC)C(C)=O. The van der Waals surface area contributed by atoms with Crippen molar-refractivity contribution in [3.63, 3.8) is 0 Å². The molecule has 0 bridgehead atoms. The molecule has 0 radical (unpaired) electrons. The molecule has 0 fully saturated rings. The van der Waals surface area contributed by atoms with Crippen molar-refractivity contribution in [2.24, 2.45) is 5.92 Å². The van der Waals surface area contributed by atoms with Crippen LogP contribution in [0.15, 0.2) is 0 Å². The molecule has 0 rings (SSSR count). The number of hydrogen-bond donors (Lipinski definition) is 1. The van der Waals surface area contributed by atoms with Gasteiger partial charge in [0, 0.05) is 12.5 Å². The number of rotatable bonds is 5. The molecule has 0 spiro atoms. The molecule has 0 heterocycles. The first-order chi connectivity index (χ1) is 4.72. The molecule has 1 atom stereocenters. The highest BCUT2D eigenvalue weighted by atomic mass is 16.1. The predicted octanol–water partition coefficient (Wildman–Crippen LogP) is 1.21. The summed E-state index contributed by atoms with van der Waals surface area (Å²) in [5, 5.41) is 3.16. The van der Waals surface area contributed by atoms with Gasteiger partial charge in [-0.25, -0.2) is 0 Å². The second-order valence-electron chi connectivity index (χ2n) is 2.52. The smallest absolute Gasteiger partial charge is 0.134 e. The third-order valence-electron chi connectivity index (χ3n) is 1.71. The quantitative estimate of drug-likeness (QED) is 0.626. The van der Waals surface area contributed by atoms with E-state index in [-0.39, 0.29) is 5.92 Å². The molecule has 0 aromatic heterocycles. The Hall–Kier alpha value is -0.370. The lowest BCUT2D eigenvalue weighted by molar-refractivity contribution is -0.120. The Morgan fingerprint density at radius 3 is 2.40 bits per heavy atom. The summed E-state index contributed by atoms with van der Waals surface area (Å²) in [6, 6.07) is 0. The molecule has 1 N–H and O–H groups in total. The van der Waals surface area contributed by atoms with Gasteiger partial charge in [0.25, 0.3) is 0 Å². The summed E-state index contributed by atoms with van der Waals surface area (Å²) in [6.07, 6.45) is 0.947. The first kappa shape index (κ1) is 9.63. The maximum absolute atomic E-state index is 10.8. The fourth-order valence-corrected chi connectivity index (χ4v) is 0.894. The highest BCUT2D eigenvalue weighted by molar-refractivity contribution is 5.78. The largest absolute Gasteiger partial charge is 0.316 e. The molecule has 0 saturated carbocycles. The summed E-state index contributed by atoms with van der Waals surface area (Å²) in [7, 11) is 0. The Balaban J connectivity index is 3.50. The molecular weight excluding hydrogens is 126 g/mol. The first-order valence-electron chi connectivity index (χ1n) is 3.93. The third kappa shape index (κ3) is 3.62. The molecule has 2 nitrogen and oxygen atoms in total. The van der Waals surface area contributed by atoms with Crippen molar-refractivity contribution in [1.82, 2.24) is 5.32 Å². The van der Waals surface area contributed by atoms with E-state index in [1.54, 1.807) is 6.92 Å². The van der Waals surface area contributed by atoms with Crippen LogP contribution in [-0.4, -0.2) is 18.9 Å². The van der Waals surface area contributed by atoms with E-state index in [1.165, 1.54) is 0 Å². The van der Waals surface area contributed by atoms with Crippen LogP contribution in [0.2, 0.25) is 0 Å². The van der Waals surface area contributed by atoms with Crippen molar-refractivity contribution in [1.29, 1.82) is 0 Å². The Morgan fingerprint density at radius 1 is 1.50 bits per heavy atom. The first-order valence-corrected chi connectivity index (χ1v) is 3.93. The number of ketones is 1. The van der Waals surface area contributed by atoms with Gasteiger partial charge in [-0.3, -0.25) is 4.79 Å². The number of carbonyl (C=O) groups excluding carboxylic acids is 1. The molecule has 0 aromatic rings. The maximum atomic E-state index is 10.8. The van der Waals surface area contributed by atoms with Crippen LogP contribution in [0.25, 0.3) is 0 Å². The third-order valence-corrected chi connectivity index (χ3v) is 1.71. The number of hydrogen-bond acceptors (Lipinski definition) is 2. The van der Waals surface area contributed by atoms with Crippen LogP contribution in [-0.2, 0) is 4.79 Å². The summed E-state index contributed by atoms with van der Waals surface area (Å²) in [6.45, 7) is 7.54. The molecular formula is C8H17NO. The maximum Gasteiger partial charge on any atom is 0.134 e. The van der Waals surface area contributed by atoms with Crippen LogP contribution < -0.4 is 5.32 Å². The topological polar surface area (TPSA) is 29.1 Å². The summed E-state index contributed by atoms with van der Waals surface area (Å²) in [4.78, 5) is 10.8. The zero-order valence-corrected chi connectivity index (χ0v) is 7.11. The predicted molar refractivity (Wildman–Crippen MR) is 43.0 cm³/mol. The Kier molecular flexibility index (Phi) is 5.22. The molecule has 2 heteroatoms. The molecule has 60 valence electrons. The zero-order chi connectivity index (χ0) is 7.98. The van der Waals surface area contributed by atoms with Crippen molar-refractivity contribution in [3.8, 4) is 0 Å². The molecule has 0 amide bonds. The fraction of sp³-hybridized carbons (Fsp3) is 0.875. The number of nitrogens with one attached hydrogen (secondary N) is 1. The Labute approximate surface area is 63.0 Å². The summed E-state index contributed by atoms with van der Waals surface area (Å²) < 4.78 is 0. The van der Waals surface area contributed by atoms with Crippen LogP contribution in [0.3, 0.4) is 0 Å².